The number of rotatable bonds is 9. The van der Waals surface area contributed by atoms with Crippen LogP contribution in [0.4, 0.5) is 9.59 Å². The third kappa shape index (κ3) is 10.4. The van der Waals surface area contributed by atoms with Crippen LogP contribution >= 0.6 is 21.6 Å². The molecule has 0 heterocycles. The van der Waals surface area contributed by atoms with Gasteiger partial charge >= 0.3 is 12.1 Å². The fraction of sp³-hybridized carbons (Fsp3) is 0.714. The summed E-state index contributed by atoms with van der Waals surface area (Å²) in [5.74, 6) is 0.461. The summed E-state index contributed by atoms with van der Waals surface area (Å²) >= 11 is 0. The molecule has 0 aromatic carbocycles. The van der Waals surface area contributed by atoms with Crippen molar-refractivity contribution >= 4 is 45.5 Å². The number of urea groups is 2. The lowest BCUT2D eigenvalue weighted by molar-refractivity contribution is -0.121. The summed E-state index contributed by atoms with van der Waals surface area (Å²) in [4.78, 5) is 45.6. The summed E-state index contributed by atoms with van der Waals surface area (Å²) in [6, 6.07) is -0.977. The maximum absolute atomic E-state index is 11.5. The quantitative estimate of drug-likeness (QED) is 0.353. The van der Waals surface area contributed by atoms with Crippen LogP contribution in [0, 0.1) is 11.8 Å². The van der Waals surface area contributed by atoms with Gasteiger partial charge in [0.25, 0.3) is 0 Å². The van der Waals surface area contributed by atoms with Gasteiger partial charge < -0.3 is 10.6 Å². The molecule has 0 radical (unpaired) electrons. The van der Waals surface area contributed by atoms with Crippen molar-refractivity contribution in [3.63, 3.8) is 0 Å². The van der Waals surface area contributed by atoms with E-state index in [-0.39, 0.29) is 23.5 Å². The van der Waals surface area contributed by atoms with Gasteiger partial charge in [0.2, 0.25) is 11.8 Å². The normalized spacial score (nSPS) is 13.3. The molecule has 0 unspecified atom stereocenters. The van der Waals surface area contributed by atoms with E-state index in [1.54, 1.807) is 0 Å². The van der Waals surface area contributed by atoms with E-state index in [9.17, 15) is 19.2 Å². The average molecular weight is 377 g/mol. The van der Waals surface area contributed by atoms with Gasteiger partial charge in [-0.2, -0.15) is 0 Å². The largest absolute Gasteiger partial charge is 0.338 e. The Morgan fingerprint density at radius 2 is 1.67 bits per heavy atom. The minimum Gasteiger partial charge on any atom is -0.338 e. The summed E-state index contributed by atoms with van der Waals surface area (Å²) in [7, 11) is 2.70. The summed E-state index contributed by atoms with van der Waals surface area (Å²) in [6.07, 6.45) is 1.70. The van der Waals surface area contributed by atoms with Crippen LogP contribution in [-0.2, 0) is 9.59 Å². The maximum atomic E-state index is 11.5. The Labute approximate surface area is 149 Å². The molecule has 0 spiro atoms. The van der Waals surface area contributed by atoms with Crippen molar-refractivity contribution in [2.24, 2.45) is 11.8 Å². The van der Waals surface area contributed by atoms with Gasteiger partial charge in [0.05, 0.1) is 5.75 Å². The molecule has 0 aromatic rings. The second kappa shape index (κ2) is 11.2. The molecule has 24 heavy (non-hydrogen) atoms. The van der Waals surface area contributed by atoms with Crippen LogP contribution < -0.4 is 21.3 Å². The van der Waals surface area contributed by atoms with Gasteiger partial charge in [-0.3, -0.25) is 20.2 Å². The van der Waals surface area contributed by atoms with Gasteiger partial charge in [-0.15, -0.1) is 0 Å². The van der Waals surface area contributed by atoms with Crippen molar-refractivity contribution < 1.29 is 19.2 Å². The molecule has 8 nitrogen and oxygen atoms in total. The van der Waals surface area contributed by atoms with E-state index >= 15 is 0 Å². The van der Waals surface area contributed by atoms with Crippen LogP contribution in [0.2, 0.25) is 0 Å². The monoisotopic (exact) mass is 376 g/mol. The molecule has 6 amide bonds. The Balaban J connectivity index is 1.95. The molecule has 10 heteroatoms. The second-order valence-electron chi connectivity index (χ2n) is 5.76. The fourth-order valence-electron chi connectivity index (χ4n) is 1.47. The zero-order valence-corrected chi connectivity index (χ0v) is 15.5. The molecular weight excluding hydrogens is 352 g/mol. The Morgan fingerprint density at radius 3 is 2.29 bits per heavy atom. The molecule has 136 valence electrons. The van der Waals surface area contributed by atoms with Gasteiger partial charge in [-0.25, -0.2) is 9.59 Å². The molecule has 0 bridgehead atoms. The zero-order valence-electron chi connectivity index (χ0n) is 13.8. The van der Waals surface area contributed by atoms with E-state index in [2.05, 4.69) is 21.3 Å². The molecule has 1 fully saturated rings. The van der Waals surface area contributed by atoms with Crippen molar-refractivity contribution in [2.45, 2.75) is 26.7 Å². The Kier molecular flexibility index (Phi) is 9.62. The third-order valence-corrected chi connectivity index (χ3v) is 5.12. The first kappa shape index (κ1) is 20.6. The molecule has 1 aliphatic rings. The molecule has 1 saturated carbocycles. The molecule has 0 atom stereocenters. The summed E-state index contributed by atoms with van der Waals surface area (Å²) in [5.41, 5.74) is 0. The van der Waals surface area contributed by atoms with Gasteiger partial charge in [0, 0.05) is 24.8 Å². The van der Waals surface area contributed by atoms with Crippen LogP contribution in [0.15, 0.2) is 0 Å². The molecule has 1 aliphatic carbocycles. The first-order valence-corrected chi connectivity index (χ1v) is 10.3. The van der Waals surface area contributed by atoms with Gasteiger partial charge in [0.15, 0.2) is 0 Å². The van der Waals surface area contributed by atoms with Gasteiger partial charge in [-0.1, -0.05) is 35.4 Å². The van der Waals surface area contributed by atoms with Crippen LogP contribution in [0.5, 0.6) is 0 Å². The highest BCUT2D eigenvalue weighted by molar-refractivity contribution is 8.76. The Hall–Kier alpha value is -1.42. The fourth-order valence-corrected chi connectivity index (χ4v) is 3.21. The maximum Gasteiger partial charge on any atom is 0.321 e. The molecule has 0 aromatic heterocycles. The number of hydrogen-bond acceptors (Lipinski definition) is 6. The summed E-state index contributed by atoms with van der Waals surface area (Å²) in [6.45, 7) is 4.82. The number of carbonyl (C=O) groups excluding carboxylic acids is 4. The second-order valence-corrected chi connectivity index (χ2v) is 8.34. The Bertz CT molecular complexity index is 470. The minimum atomic E-state index is -0.489. The van der Waals surface area contributed by atoms with Crippen molar-refractivity contribution in [3.8, 4) is 0 Å². The van der Waals surface area contributed by atoms with E-state index in [1.165, 1.54) is 21.6 Å². The van der Waals surface area contributed by atoms with Crippen molar-refractivity contribution in [1.82, 2.24) is 21.3 Å². The Morgan fingerprint density at radius 1 is 1.00 bits per heavy atom. The lowest BCUT2D eigenvalue weighted by Gasteiger charge is -2.08. The number of imide groups is 2. The third-order valence-electron chi connectivity index (χ3n) is 2.85. The average Bonchev–Trinajstić information content (AvgIpc) is 3.33. The topological polar surface area (TPSA) is 116 Å². The number of carbonyl (C=O) groups is 4. The molecule has 1 rings (SSSR count). The van der Waals surface area contributed by atoms with Crippen LogP contribution in [-0.4, -0.2) is 48.5 Å². The van der Waals surface area contributed by atoms with Crippen LogP contribution in [0.3, 0.4) is 0 Å². The molecular formula is C14H24N4O4S2. The highest BCUT2D eigenvalue weighted by Gasteiger charge is 2.30. The first-order chi connectivity index (χ1) is 11.4. The van der Waals surface area contributed by atoms with E-state index in [0.29, 0.717) is 24.8 Å². The van der Waals surface area contributed by atoms with Crippen LogP contribution in [0.25, 0.3) is 0 Å². The smallest absolute Gasteiger partial charge is 0.321 e. The molecule has 4 N–H and O–H groups in total. The molecule has 0 aliphatic heterocycles. The van der Waals surface area contributed by atoms with Crippen molar-refractivity contribution in [2.75, 3.05) is 24.6 Å². The predicted octanol–water partition coefficient (Wildman–Crippen LogP) is 1.09. The standard InChI is InChI=1S/C14H24N4O4S2/c1-9(2)7-16-14(22)17-11(19)8-24-23-6-5-15-13(21)18-12(20)10-3-4-10/h9-10H,3-8H2,1-2H3,(H2,15,18,20,21)(H2,16,17,19,22). The lowest BCUT2D eigenvalue weighted by atomic mass is 10.2. The zero-order chi connectivity index (χ0) is 17.9. The summed E-state index contributed by atoms with van der Waals surface area (Å²) < 4.78 is 0. The highest BCUT2D eigenvalue weighted by Crippen LogP contribution is 2.28. The number of hydrogen-bond donors (Lipinski definition) is 4. The van der Waals surface area contributed by atoms with Crippen molar-refractivity contribution in [1.29, 1.82) is 0 Å². The van der Waals surface area contributed by atoms with Crippen LogP contribution in [0.1, 0.15) is 26.7 Å². The first-order valence-electron chi connectivity index (χ1n) is 7.79. The molecule has 0 saturated heterocycles. The van der Waals surface area contributed by atoms with Gasteiger partial charge in [-0.05, 0) is 18.8 Å². The van der Waals surface area contributed by atoms with Gasteiger partial charge in [0.1, 0.15) is 0 Å². The SMILES string of the molecule is CC(C)CNC(=O)NC(=O)CSSCCNC(=O)NC(=O)C1CC1. The number of amides is 6. The van der Waals surface area contributed by atoms with E-state index in [1.807, 2.05) is 13.8 Å². The van der Waals surface area contributed by atoms with Crippen molar-refractivity contribution in [3.05, 3.63) is 0 Å². The van der Waals surface area contributed by atoms with E-state index < -0.39 is 12.1 Å². The highest BCUT2D eigenvalue weighted by atomic mass is 33.1. The minimum absolute atomic E-state index is 0.00284. The predicted molar refractivity (Wildman–Crippen MR) is 95.6 cm³/mol. The number of nitrogens with one attached hydrogen (secondary N) is 4. The van der Waals surface area contributed by atoms with E-state index in [4.69, 9.17) is 0 Å². The lowest BCUT2D eigenvalue weighted by Crippen LogP contribution is -2.41. The van der Waals surface area contributed by atoms with E-state index in [0.717, 1.165) is 12.8 Å². The summed E-state index contributed by atoms with van der Waals surface area (Å²) in [5, 5.41) is 9.69.